The molecule has 0 unspecified atom stereocenters. The summed E-state index contributed by atoms with van der Waals surface area (Å²) >= 11 is 0. The summed E-state index contributed by atoms with van der Waals surface area (Å²) in [5, 5.41) is 6.38. The third kappa shape index (κ3) is 5.92. The third-order valence-electron chi connectivity index (χ3n) is 3.16. The lowest BCUT2D eigenvalue weighted by molar-refractivity contribution is 0.112. The van der Waals surface area contributed by atoms with Crippen LogP contribution in [-0.2, 0) is 9.13 Å². The standard InChI is InChI=1S/C10H25NO7P2/c1-3-4-5-6-8-11(2)9-7-10(12,19(13,14)15)20(16,17)18/h12H,3-9H2,1-2H3,(H2,13,14,15)(H2,16,17,18). The maximum absolute atomic E-state index is 11.1. The summed E-state index contributed by atoms with van der Waals surface area (Å²) in [5.41, 5.74) is 0. The Morgan fingerprint density at radius 3 is 1.85 bits per heavy atom. The lowest BCUT2D eigenvalue weighted by Crippen LogP contribution is -2.34. The van der Waals surface area contributed by atoms with Crippen molar-refractivity contribution in [2.24, 2.45) is 0 Å². The lowest BCUT2D eigenvalue weighted by Gasteiger charge is -2.30. The van der Waals surface area contributed by atoms with Gasteiger partial charge in [-0.1, -0.05) is 26.2 Å². The SMILES string of the molecule is CCCCCCN(C)CCC(O)(P(=O)(O)O)P(=O)(O)O. The molecule has 0 amide bonds. The summed E-state index contributed by atoms with van der Waals surface area (Å²) in [4.78, 5) is 37.6. The monoisotopic (exact) mass is 333 g/mol. The summed E-state index contributed by atoms with van der Waals surface area (Å²) in [7, 11) is -9.00. The zero-order chi connectivity index (χ0) is 16.0. The maximum Gasteiger partial charge on any atom is 0.369 e. The van der Waals surface area contributed by atoms with Gasteiger partial charge >= 0.3 is 15.2 Å². The molecule has 122 valence electrons. The van der Waals surface area contributed by atoms with E-state index in [1.54, 1.807) is 11.9 Å². The smallest absolute Gasteiger partial charge is 0.367 e. The highest BCUT2D eigenvalue weighted by Crippen LogP contribution is 2.68. The zero-order valence-electron chi connectivity index (χ0n) is 11.8. The van der Waals surface area contributed by atoms with Crippen molar-refractivity contribution in [1.29, 1.82) is 0 Å². The summed E-state index contributed by atoms with van der Waals surface area (Å²) < 4.78 is 22.3. The topological polar surface area (TPSA) is 139 Å². The van der Waals surface area contributed by atoms with Crippen molar-refractivity contribution >= 4 is 15.2 Å². The summed E-state index contributed by atoms with van der Waals surface area (Å²) in [5.74, 6) is 0. The molecule has 0 spiro atoms. The first-order valence-electron chi connectivity index (χ1n) is 6.48. The van der Waals surface area contributed by atoms with E-state index in [0.717, 1.165) is 25.7 Å². The Kier molecular flexibility index (Phi) is 8.10. The minimum Gasteiger partial charge on any atom is -0.367 e. The predicted molar refractivity (Wildman–Crippen MR) is 75.3 cm³/mol. The molecule has 0 fully saturated rings. The Balaban J connectivity index is 4.51. The van der Waals surface area contributed by atoms with Crippen LogP contribution in [0.3, 0.4) is 0 Å². The number of rotatable bonds is 10. The highest BCUT2D eigenvalue weighted by molar-refractivity contribution is 7.72. The van der Waals surface area contributed by atoms with Gasteiger partial charge in [-0.05, 0) is 20.0 Å². The van der Waals surface area contributed by atoms with E-state index < -0.39 is 26.7 Å². The average Bonchev–Trinajstić information content (AvgIpc) is 2.28. The van der Waals surface area contributed by atoms with Crippen LogP contribution in [0, 0.1) is 0 Å². The first kappa shape index (κ1) is 20.2. The Morgan fingerprint density at radius 2 is 1.45 bits per heavy atom. The first-order valence-corrected chi connectivity index (χ1v) is 9.70. The molecule has 0 aromatic carbocycles. The number of nitrogens with zero attached hydrogens (tertiary/aromatic N) is 1. The van der Waals surface area contributed by atoms with E-state index in [0.29, 0.717) is 6.54 Å². The second kappa shape index (κ2) is 8.01. The minimum absolute atomic E-state index is 0.0150. The molecule has 0 aromatic rings. The van der Waals surface area contributed by atoms with Crippen molar-refractivity contribution in [1.82, 2.24) is 4.90 Å². The van der Waals surface area contributed by atoms with Crippen LogP contribution in [0.5, 0.6) is 0 Å². The molecule has 0 aliphatic rings. The van der Waals surface area contributed by atoms with Crippen LogP contribution < -0.4 is 0 Å². The third-order valence-corrected chi connectivity index (χ3v) is 7.03. The molecule has 0 bridgehead atoms. The largest absolute Gasteiger partial charge is 0.369 e. The fourth-order valence-corrected chi connectivity index (χ4v) is 3.86. The van der Waals surface area contributed by atoms with Crippen molar-refractivity contribution in [3.05, 3.63) is 0 Å². The van der Waals surface area contributed by atoms with E-state index in [1.807, 2.05) is 0 Å². The van der Waals surface area contributed by atoms with Crippen molar-refractivity contribution in [2.45, 2.75) is 44.1 Å². The van der Waals surface area contributed by atoms with Gasteiger partial charge in [-0.25, -0.2) is 0 Å². The van der Waals surface area contributed by atoms with Crippen LogP contribution in [0.2, 0.25) is 0 Å². The van der Waals surface area contributed by atoms with Gasteiger partial charge in [-0.2, -0.15) is 0 Å². The van der Waals surface area contributed by atoms with Gasteiger partial charge in [0, 0.05) is 13.0 Å². The predicted octanol–water partition coefficient (Wildman–Crippen LogP) is 0.890. The molecular weight excluding hydrogens is 308 g/mol. The minimum atomic E-state index is -5.34. The summed E-state index contributed by atoms with van der Waals surface area (Å²) in [6, 6.07) is 0. The number of unbranched alkanes of at least 4 members (excludes halogenated alkanes) is 3. The second-order valence-corrected chi connectivity index (χ2v) is 8.98. The quantitative estimate of drug-likeness (QED) is 0.293. The van der Waals surface area contributed by atoms with Crippen LogP contribution >= 0.6 is 15.2 Å². The van der Waals surface area contributed by atoms with Gasteiger partial charge in [-0.15, -0.1) is 0 Å². The van der Waals surface area contributed by atoms with Crippen molar-refractivity contribution in [3.63, 3.8) is 0 Å². The molecule has 0 saturated heterocycles. The van der Waals surface area contributed by atoms with E-state index in [2.05, 4.69) is 6.92 Å². The van der Waals surface area contributed by atoms with Crippen molar-refractivity contribution in [3.8, 4) is 0 Å². The Morgan fingerprint density at radius 1 is 0.950 bits per heavy atom. The molecule has 0 aromatic heterocycles. The summed E-state index contributed by atoms with van der Waals surface area (Å²) in [6.45, 7) is 2.70. The van der Waals surface area contributed by atoms with E-state index in [9.17, 15) is 14.2 Å². The van der Waals surface area contributed by atoms with E-state index in [1.165, 1.54) is 0 Å². The van der Waals surface area contributed by atoms with Gasteiger partial charge in [-0.3, -0.25) is 9.13 Å². The van der Waals surface area contributed by atoms with Crippen LogP contribution in [-0.4, -0.2) is 54.8 Å². The van der Waals surface area contributed by atoms with Gasteiger partial charge < -0.3 is 29.6 Å². The highest BCUT2D eigenvalue weighted by atomic mass is 31.2. The molecule has 20 heavy (non-hydrogen) atoms. The number of aliphatic hydroxyl groups is 1. The molecule has 5 N–H and O–H groups in total. The molecule has 0 radical (unpaired) electrons. The molecular formula is C10H25NO7P2. The fraction of sp³-hybridized carbons (Fsp3) is 1.00. The lowest BCUT2D eigenvalue weighted by atomic mass is 10.2. The Hall–Kier alpha value is 0.220. The fourth-order valence-electron chi connectivity index (χ4n) is 1.72. The van der Waals surface area contributed by atoms with E-state index >= 15 is 0 Å². The zero-order valence-corrected chi connectivity index (χ0v) is 13.6. The molecule has 0 heterocycles. The van der Waals surface area contributed by atoms with Gasteiger partial charge in [0.15, 0.2) is 0 Å². The molecule has 8 nitrogen and oxygen atoms in total. The van der Waals surface area contributed by atoms with Crippen LogP contribution in [0.1, 0.15) is 39.0 Å². The summed E-state index contributed by atoms with van der Waals surface area (Å²) in [6.07, 6.45) is 3.38. The van der Waals surface area contributed by atoms with Gasteiger partial charge in [0.2, 0.25) is 0 Å². The van der Waals surface area contributed by atoms with E-state index in [-0.39, 0.29) is 6.54 Å². The Labute approximate surface area is 119 Å². The number of hydrogen-bond donors (Lipinski definition) is 5. The number of hydrogen-bond acceptors (Lipinski definition) is 4. The molecule has 0 atom stereocenters. The Bertz CT molecular complexity index is 356. The van der Waals surface area contributed by atoms with Crippen molar-refractivity contribution in [2.75, 3.05) is 20.1 Å². The molecule has 0 saturated carbocycles. The van der Waals surface area contributed by atoms with Crippen molar-refractivity contribution < 1.29 is 33.8 Å². The van der Waals surface area contributed by atoms with E-state index in [4.69, 9.17) is 19.6 Å². The average molecular weight is 333 g/mol. The normalized spacial score (nSPS) is 14.0. The molecule has 0 aliphatic heterocycles. The maximum atomic E-state index is 11.1. The van der Waals surface area contributed by atoms with Gasteiger partial charge in [0.25, 0.3) is 5.08 Å². The molecule has 10 heteroatoms. The van der Waals surface area contributed by atoms with Crippen LogP contribution in [0.25, 0.3) is 0 Å². The van der Waals surface area contributed by atoms with Crippen LogP contribution in [0.15, 0.2) is 0 Å². The highest BCUT2D eigenvalue weighted by Gasteiger charge is 2.58. The van der Waals surface area contributed by atoms with Gasteiger partial charge in [0.05, 0.1) is 0 Å². The first-order chi connectivity index (χ1) is 8.95. The molecule has 0 rings (SSSR count). The van der Waals surface area contributed by atoms with Gasteiger partial charge in [0.1, 0.15) is 0 Å². The second-order valence-electron chi connectivity index (χ2n) is 4.98. The van der Waals surface area contributed by atoms with Crippen LogP contribution in [0.4, 0.5) is 0 Å². The molecule has 0 aliphatic carbocycles.